The summed E-state index contributed by atoms with van der Waals surface area (Å²) in [6.45, 7) is 1.88. The van der Waals surface area contributed by atoms with Crippen molar-refractivity contribution < 1.29 is 0 Å². The molecule has 0 saturated carbocycles. The van der Waals surface area contributed by atoms with Crippen molar-refractivity contribution in [3.63, 3.8) is 0 Å². The summed E-state index contributed by atoms with van der Waals surface area (Å²) in [6.07, 6.45) is 3.54. The monoisotopic (exact) mass is 251 g/mol. The molecule has 1 aromatic carbocycles. The number of aromatic nitrogens is 2. The fourth-order valence-corrected chi connectivity index (χ4v) is 2.60. The highest BCUT2D eigenvalue weighted by Crippen LogP contribution is 2.18. The molecule has 90 valence electrons. The van der Waals surface area contributed by atoms with Gasteiger partial charge in [-0.3, -0.25) is 0 Å². The molecule has 0 aliphatic carbocycles. The predicted octanol–water partition coefficient (Wildman–Crippen LogP) is 2.10. The summed E-state index contributed by atoms with van der Waals surface area (Å²) >= 11 is 5.92. The Kier molecular flexibility index (Phi) is 2.59. The first-order chi connectivity index (χ1) is 8.25. The van der Waals surface area contributed by atoms with Crippen molar-refractivity contribution in [2.24, 2.45) is 0 Å². The Hall–Kier alpha value is -1.42. The number of halogens is 1. The number of benzene rings is 1. The molecule has 0 unspecified atom stereocenters. The number of H-pyrrole nitrogens is 1. The maximum atomic E-state index is 12.0. The van der Waals surface area contributed by atoms with Gasteiger partial charge in [0.25, 0.3) is 0 Å². The van der Waals surface area contributed by atoms with Crippen LogP contribution in [0.15, 0.2) is 23.0 Å². The van der Waals surface area contributed by atoms with Gasteiger partial charge in [0, 0.05) is 18.1 Å². The molecule has 2 heterocycles. The summed E-state index contributed by atoms with van der Waals surface area (Å²) in [5.74, 6) is 0. The van der Waals surface area contributed by atoms with Crippen molar-refractivity contribution in [3.05, 3.63) is 33.7 Å². The minimum atomic E-state index is -0.0795. The van der Waals surface area contributed by atoms with Crippen LogP contribution < -0.4 is 10.7 Å². The summed E-state index contributed by atoms with van der Waals surface area (Å²) in [5.41, 5.74) is 1.62. The van der Waals surface area contributed by atoms with Gasteiger partial charge in [0.15, 0.2) is 0 Å². The van der Waals surface area contributed by atoms with E-state index in [0.29, 0.717) is 5.02 Å². The average molecular weight is 252 g/mol. The minimum Gasteiger partial charge on any atom is -0.308 e. The Balaban J connectivity index is 2.14. The van der Waals surface area contributed by atoms with E-state index < -0.39 is 0 Å². The number of imidazole rings is 1. The molecular weight excluding hydrogens is 238 g/mol. The number of aromatic amines is 1. The molecule has 1 N–H and O–H groups in total. The maximum absolute atomic E-state index is 12.0. The number of hydrogen-bond acceptors (Lipinski definition) is 2. The van der Waals surface area contributed by atoms with Gasteiger partial charge in [-0.25, -0.2) is 9.47 Å². The maximum Gasteiger partial charge on any atom is 0.345 e. The van der Waals surface area contributed by atoms with E-state index in [9.17, 15) is 4.79 Å². The third kappa shape index (κ3) is 1.82. The van der Waals surface area contributed by atoms with Crippen LogP contribution in [-0.4, -0.2) is 22.7 Å². The lowest BCUT2D eigenvalue weighted by Crippen LogP contribution is -2.44. The van der Waals surface area contributed by atoms with Gasteiger partial charge in [0.05, 0.1) is 11.0 Å². The van der Waals surface area contributed by atoms with Gasteiger partial charge in [-0.1, -0.05) is 11.6 Å². The number of nitrogens with one attached hydrogen (secondary N) is 1. The van der Waals surface area contributed by atoms with Crippen molar-refractivity contribution in [1.82, 2.24) is 9.66 Å². The normalized spacial score (nSPS) is 16.6. The van der Waals surface area contributed by atoms with Crippen LogP contribution in [0, 0.1) is 0 Å². The zero-order valence-corrected chi connectivity index (χ0v) is 10.2. The van der Waals surface area contributed by atoms with Crippen LogP contribution in [0.1, 0.15) is 19.3 Å². The zero-order chi connectivity index (χ0) is 11.8. The molecule has 0 amide bonds. The summed E-state index contributed by atoms with van der Waals surface area (Å²) in [7, 11) is 0. The van der Waals surface area contributed by atoms with Crippen LogP contribution >= 0.6 is 11.6 Å². The van der Waals surface area contributed by atoms with Gasteiger partial charge in [-0.2, -0.15) is 0 Å². The molecule has 0 bridgehead atoms. The van der Waals surface area contributed by atoms with Gasteiger partial charge in [0.2, 0.25) is 0 Å². The van der Waals surface area contributed by atoms with Crippen molar-refractivity contribution >= 4 is 22.6 Å². The van der Waals surface area contributed by atoms with Crippen LogP contribution in [0.5, 0.6) is 0 Å². The topological polar surface area (TPSA) is 41.0 Å². The van der Waals surface area contributed by atoms with Gasteiger partial charge in [-0.05, 0) is 37.5 Å². The molecule has 0 spiro atoms. The van der Waals surface area contributed by atoms with E-state index in [1.165, 1.54) is 6.42 Å². The largest absolute Gasteiger partial charge is 0.345 e. The second-order valence-corrected chi connectivity index (χ2v) is 4.85. The number of fused-ring (bicyclic) bond motifs is 1. The fourth-order valence-electron chi connectivity index (χ4n) is 2.43. The molecule has 0 radical (unpaired) electrons. The minimum absolute atomic E-state index is 0.0795. The zero-order valence-electron chi connectivity index (χ0n) is 9.45. The van der Waals surface area contributed by atoms with E-state index in [2.05, 4.69) is 9.99 Å². The van der Waals surface area contributed by atoms with E-state index in [4.69, 9.17) is 11.6 Å². The Morgan fingerprint density at radius 3 is 2.71 bits per heavy atom. The second-order valence-electron chi connectivity index (χ2n) is 4.42. The first kappa shape index (κ1) is 10.7. The van der Waals surface area contributed by atoms with Gasteiger partial charge >= 0.3 is 5.69 Å². The molecule has 2 aromatic rings. The second kappa shape index (κ2) is 4.11. The third-order valence-corrected chi connectivity index (χ3v) is 3.47. The molecule has 4 nitrogen and oxygen atoms in total. The van der Waals surface area contributed by atoms with Crippen LogP contribution in [0.25, 0.3) is 11.0 Å². The fraction of sp³-hybridized carbons (Fsp3) is 0.417. The number of hydrogen-bond donors (Lipinski definition) is 1. The lowest BCUT2D eigenvalue weighted by Gasteiger charge is -2.29. The van der Waals surface area contributed by atoms with E-state index >= 15 is 0 Å². The van der Waals surface area contributed by atoms with E-state index in [-0.39, 0.29) is 5.69 Å². The lowest BCUT2D eigenvalue weighted by molar-refractivity contribution is 0.478. The number of rotatable bonds is 1. The summed E-state index contributed by atoms with van der Waals surface area (Å²) in [5, 5.41) is 2.75. The van der Waals surface area contributed by atoms with Crippen molar-refractivity contribution in [2.75, 3.05) is 18.1 Å². The summed E-state index contributed by atoms with van der Waals surface area (Å²) < 4.78 is 1.74. The molecule has 1 fully saturated rings. The standard InChI is InChI=1S/C12H14ClN3O/c13-9-4-5-11-10(8-9)14-12(17)16(11)15-6-2-1-3-7-15/h4-5,8H,1-3,6-7H2,(H,14,17). The molecule has 1 aromatic heterocycles. The molecule has 5 heteroatoms. The van der Waals surface area contributed by atoms with Crippen LogP contribution in [0.4, 0.5) is 0 Å². The molecule has 3 rings (SSSR count). The van der Waals surface area contributed by atoms with Gasteiger partial charge in [-0.15, -0.1) is 0 Å². The summed E-state index contributed by atoms with van der Waals surface area (Å²) in [4.78, 5) is 14.8. The molecule has 1 aliphatic heterocycles. The Labute approximate surface area is 104 Å². The highest BCUT2D eigenvalue weighted by Gasteiger charge is 2.16. The van der Waals surface area contributed by atoms with E-state index in [1.807, 2.05) is 12.1 Å². The van der Waals surface area contributed by atoms with Crippen LogP contribution in [0.3, 0.4) is 0 Å². The van der Waals surface area contributed by atoms with Gasteiger partial charge < -0.3 is 9.99 Å². The molecule has 1 aliphatic rings. The summed E-state index contributed by atoms with van der Waals surface area (Å²) in [6, 6.07) is 5.50. The highest BCUT2D eigenvalue weighted by molar-refractivity contribution is 6.31. The Morgan fingerprint density at radius 1 is 1.18 bits per heavy atom. The molecule has 17 heavy (non-hydrogen) atoms. The highest BCUT2D eigenvalue weighted by atomic mass is 35.5. The van der Waals surface area contributed by atoms with E-state index in [0.717, 1.165) is 37.0 Å². The quantitative estimate of drug-likeness (QED) is 0.843. The predicted molar refractivity (Wildman–Crippen MR) is 69.4 cm³/mol. The lowest BCUT2D eigenvalue weighted by atomic mass is 10.2. The Morgan fingerprint density at radius 2 is 1.94 bits per heavy atom. The molecule has 1 saturated heterocycles. The Bertz CT molecular complexity index is 595. The smallest absolute Gasteiger partial charge is 0.308 e. The molecular formula is C12H14ClN3O. The SMILES string of the molecule is O=c1[nH]c2cc(Cl)ccc2n1N1CCCCC1. The first-order valence-electron chi connectivity index (χ1n) is 5.91. The van der Waals surface area contributed by atoms with E-state index in [1.54, 1.807) is 10.7 Å². The van der Waals surface area contributed by atoms with Crippen molar-refractivity contribution in [3.8, 4) is 0 Å². The van der Waals surface area contributed by atoms with Crippen LogP contribution in [0.2, 0.25) is 5.02 Å². The van der Waals surface area contributed by atoms with Gasteiger partial charge in [0.1, 0.15) is 0 Å². The number of nitrogens with zero attached hydrogens (tertiary/aromatic N) is 2. The molecule has 0 atom stereocenters. The number of piperidine rings is 1. The van der Waals surface area contributed by atoms with Crippen molar-refractivity contribution in [1.29, 1.82) is 0 Å². The first-order valence-corrected chi connectivity index (χ1v) is 6.29. The van der Waals surface area contributed by atoms with Crippen LogP contribution in [-0.2, 0) is 0 Å². The third-order valence-electron chi connectivity index (χ3n) is 3.24. The average Bonchev–Trinajstić information content (AvgIpc) is 2.65. The van der Waals surface area contributed by atoms with Crippen molar-refractivity contribution in [2.45, 2.75) is 19.3 Å².